The summed E-state index contributed by atoms with van der Waals surface area (Å²) in [6.07, 6.45) is 29.0. The first kappa shape index (κ1) is 35.3. The highest BCUT2D eigenvalue weighted by molar-refractivity contribution is 8.76. The fourth-order valence-electron chi connectivity index (χ4n) is 4.88. The Labute approximate surface area is 275 Å². The molecule has 1 aromatic heterocycles. The topological polar surface area (TPSA) is 22.7 Å². The van der Waals surface area contributed by atoms with Crippen LogP contribution in [0.25, 0.3) is 12.2 Å². The van der Waals surface area contributed by atoms with Crippen LogP contribution in [0, 0.1) is 5.92 Å². The smallest absolute Gasteiger partial charge is 0.205 e. The molecule has 1 heterocycles. The van der Waals surface area contributed by atoms with E-state index < -0.39 is 0 Å². The number of anilines is 1. The number of hydrogen-bond donors (Lipinski definition) is 0. The van der Waals surface area contributed by atoms with Gasteiger partial charge < -0.3 is 9.80 Å². The highest BCUT2D eigenvalue weighted by Gasteiger charge is 2.11. The van der Waals surface area contributed by atoms with E-state index >= 15 is 0 Å². The van der Waals surface area contributed by atoms with Gasteiger partial charge in [-0.15, -0.1) is 0 Å². The van der Waals surface area contributed by atoms with Gasteiger partial charge in [0.1, 0.15) is 6.54 Å². The number of hydrogen-bond acceptors (Lipinski definition) is 5. The van der Waals surface area contributed by atoms with Crippen LogP contribution in [-0.4, -0.2) is 55.3 Å². The highest BCUT2D eigenvalue weighted by atomic mass is 33.1. The Morgan fingerprint density at radius 3 is 2.25 bits per heavy atom. The van der Waals surface area contributed by atoms with Gasteiger partial charge in [0.25, 0.3) is 0 Å². The van der Waals surface area contributed by atoms with Crippen molar-refractivity contribution >= 4 is 45.6 Å². The largest absolute Gasteiger partial charge is 0.371 e. The van der Waals surface area contributed by atoms with Crippen molar-refractivity contribution in [2.24, 2.45) is 10.9 Å². The van der Waals surface area contributed by atoms with Gasteiger partial charge in [0, 0.05) is 80.0 Å². The van der Waals surface area contributed by atoms with Crippen molar-refractivity contribution in [3.63, 3.8) is 0 Å². The van der Waals surface area contributed by atoms with Gasteiger partial charge in [-0.3, -0.25) is 4.99 Å². The molecule has 0 saturated heterocycles. The lowest BCUT2D eigenvalue weighted by molar-refractivity contribution is -0.695. The van der Waals surface area contributed by atoms with E-state index in [1.807, 2.05) is 53.0 Å². The highest BCUT2D eigenvalue weighted by Crippen LogP contribution is 2.25. The molecule has 1 aliphatic rings. The summed E-state index contributed by atoms with van der Waals surface area (Å²) < 4.78 is 2.25. The molecule has 0 spiro atoms. The third-order valence-corrected chi connectivity index (χ3v) is 9.78. The van der Waals surface area contributed by atoms with Gasteiger partial charge in [-0.2, -0.15) is 4.57 Å². The summed E-state index contributed by atoms with van der Waals surface area (Å²) in [5.74, 6) is 2.71. The second-order valence-electron chi connectivity index (χ2n) is 10.3. The molecular weight excluding hydrogens is 577 g/mol. The van der Waals surface area contributed by atoms with Gasteiger partial charge in [0.15, 0.2) is 6.20 Å². The number of allylic oxidation sites excluding steroid dienone is 9. The minimum atomic E-state index is 0.467. The van der Waals surface area contributed by atoms with Crippen LogP contribution in [-0.2, 0) is 6.54 Å². The minimum Gasteiger partial charge on any atom is -0.371 e. The monoisotopic (exact) mass is 627 g/mol. The van der Waals surface area contributed by atoms with Crippen LogP contribution in [0.4, 0.5) is 5.69 Å². The van der Waals surface area contributed by atoms with E-state index in [9.17, 15) is 0 Å². The van der Waals surface area contributed by atoms with Crippen LogP contribution in [0.15, 0.2) is 114 Å². The molecule has 1 atom stereocenters. The summed E-state index contributed by atoms with van der Waals surface area (Å²) in [5.41, 5.74) is 5.11. The predicted molar refractivity (Wildman–Crippen MR) is 200 cm³/mol. The summed E-state index contributed by atoms with van der Waals surface area (Å²) in [7, 11) is 3.99. The van der Waals surface area contributed by atoms with Crippen molar-refractivity contribution in [2.75, 3.05) is 49.1 Å². The molecule has 1 aromatic carbocycles. The van der Waals surface area contributed by atoms with Gasteiger partial charge in [-0.05, 0) is 82.0 Å². The zero-order chi connectivity index (χ0) is 31.2. The van der Waals surface area contributed by atoms with Crippen LogP contribution in [0.2, 0.25) is 0 Å². The number of nitrogens with zero attached hydrogens (tertiary/aromatic N) is 4. The second-order valence-corrected chi connectivity index (χ2v) is 13.0. The van der Waals surface area contributed by atoms with Gasteiger partial charge >= 0.3 is 0 Å². The minimum absolute atomic E-state index is 0.467. The Morgan fingerprint density at radius 2 is 1.57 bits per heavy atom. The fraction of sp³-hybridized carbons (Fsp3) is 0.368. The molecule has 0 radical (unpaired) electrons. The van der Waals surface area contributed by atoms with Crippen LogP contribution in [0.3, 0.4) is 0 Å². The first-order valence-electron chi connectivity index (χ1n) is 16.1. The molecule has 0 bridgehead atoms. The van der Waals surface area contributed by atoms with Gasteiger partial charge in [-0.1, -0.05) is 76.3 Å². The normalized spacial score (nSPS) is 15.5. The Morgan fingerprint density at radius 1 is 0.841 bits per heavy atom. The van der Waals surface area contributed by atoms with Crippen molar-refractivity contribution in [3.05, 3.63) is 120 Å². The zero-order valence-corrected chi connectivity index (χ0v) is 28.7. The molecule has 3 rings (SSSR count). The quantitative estimate of drug-likeness (QED) is 0.0510. The molecule has 234 valence electrons. The maximum absolute atomic E-state index is 4.17. The van der Waals surface area contributed by atoms with E-state index in [0.717, 1.165) is 57.2 Å². The Bertz CT molecular complexity index is 1300. The molecule has 0 aliphatic heterocycles. The molecule has 44 heavy (non-hydrogen) atoms. The van der Waals surface area contributed by atoms with Crippen LogP contribution >= 0.6 is 21.6 Å². The third-order valence-electron chi connectivity index (χ3n) is 7.41. The van der Waals surface area contributed by atoms with Crippen LogP contribution in [0.1, 0.15) is 45.4 Å². The van der Waals surface area contributed by atoms with Crippen LogP contribution in [0.5, 0.6) is 0 Å². The Balaban J connectivity index is 1.35. The van der Waals surface area contributed by atoms with Crippen molar-refractivity contribution in [1.82, 2.24) is 4.90 Å². The molecule has 6 heteroatoms. The van der Waals surface area contributed by atoms with Gasteiger partial charge in [-0.25, -0.2) is 0 Å². The standard InChI is InChI=1S/C38H51N4S2/c1-5-39-28-14-11-9-10-12-16-34-18-24-37(25-19-34)41(7-3)30-32-43-44-33-31-42(8-4)38-26-21-35(22-27-38)20-23-36-17-13-15-29-40(36)6-2/h9-18,20-29,34H,5-8,19,30-33H2,1-4H3/q+1/b10-9+,14-11-,16-12+,39-28+. The molecule has 0 saturated carbocycles. The zero-order valence-electron chi connectivity index (χ0n) is 27.1. The number of pyridine rings is 1. The summed E-state index contributed by atoms with van der Waals surface area (Å²) in [5, 5.41) is 0. The van der Waals surface area contributed by atoms with Crippen molar-refractivity contribution < 1.29 is 4.57 Å². The van der Waals surface area contributed by atoms with E-state index in [4.69, 9.17) is 0 Å². The first-order valence-corrected chi connectivity index (χ1v) is 18.6. The van der Waals surface area contributed by atoms with E-state index in [2.05, 4.69) is 137 Å². The first-order chi connectivity index (χ1) is 21.7. The van der Waals surface area contributed by atoms with Crippen molar-refractivity contribution in [1.29, 1.82) is 0 Å². The van der Waals surface area contributed by atoms with Crippen molar-refractivity contribution in [3.8, 4) is 0 Å². The lowest BCUT2D eigenvalue weighted by atomic mass is 9.98. The van der Waals surface area contributed by atoms with Gasteiger partial charge in [0.2, 0.25) is 5.69 Å². The number of likely N-dealkylation sites (N-methyl/N-ethyl adjacent to an activating group) is 1. The molecule has 4 nitrogen and oxygen atoms in total. The summed E-state index contributed by atoms with van der Waals surface area (Å²) in [6.45, 7) is 14.7. The summed E-state index contributed by atoms with van der Waals surface area (Å²) in [6, 6.07) is 15.3. The molecular formula is C38H51N4S2+. The fourth-order valence-corrected chi connectivity index (χ4v) is 6.86. The summed E-state index contributed by atoms with van der Waals surface area (Å²) in [4.78, 5) is 9.14. The molecule has 0 N–H and O–H groups in total. The average molecular weight is 628 g/mol. The van der Waals surface area contributed by atoms with E-state index in [0.29, 0.717) is 5.92 Å². The average Bonchev–Trinajstić information content (AvgIpc) is 3.07. The van der Waals surface area contributed by atoms with Crippen molar-refractivity contribution in [2.45, 2.75) is 40.7 Å². The predicted octanol–water partition coefficient (Wildman–Crippen LogP) is 8.91. The molecule has 1 aliphatic carbocycles. The number of aryl methyl sites for hydroxylation is 1. The SMILES string of the molecule is CC/N=C/C=C\C=C\C=C\C1C=CC(N(CC)CCSSCCN(CC)c2ccc(/C=C/c3cccc[n+]3CC)cc2)=CC1. The van der Waals surface area contributed by atoms with E-state index in [1.165, 1.54) is 22.6 Å². The summed E-state index contributed by atoms with van der Waals surface area (Å²) >= 11 is 0. The van der Waals surface area contributed by atoms with Crippen LogP contribution < -0.4 is 9.47 Å². The molecule has 0 fully saturated rings. The number of benzene rings is 1. The maximum Gasteiger partial charge on any atom is 0.205 e. The van der Waals surface area contributed by atoms with Gasteiger partial charge in [0.05, 0.1) is 0 Å². The molecule has 1 unspecified atom stereocenters. The second kappa shape index (κ2) is 21.5. The maximum atomic E-state index is 4.17. The Kier molecular flexibility index (Phi) is 17.2. The molecule has 2 aromatic rings. The van der Waals surface area contributed by atoms with E-state index in [1.54, 1.807) is 0 Å². The lowest BCUT2D eigenvalue weighted by Crippen LogP contribution is -2.34. The number of aromatic nitrogens is 1. The third kappa shape index (κ3) is 12.8. The number of rotatable bonds is 19. The lowest BCUT2D eigenvalue weighted by Gasteiger charge is -2.27. The van der Waals surface area contributed by atoms with E-state index in [-0.39, 0.29) is 0 Å². The number of aliphatic imine (C=N–C) groups is 1. The Hall–Kier alpha value is -3.22. The molecule has 0 amide bonds.